The van der Waals surface area contributed by atoms with Gasteiger partial charge in [-0.1, -0.05) is 28.1 Å². The molecule has 0 aromatic heterocycles. The van der Waals surface area contributed by atoms with Crippen LogP contribution in [0.4, 0.5) is 13.2 Å². The van der Waals surface area contributed by atoms with Gasteiger partial charge in [0.1, 0.15) is 0 Å². The smallest absolute Gasteiger partial charge is 0.273 e. The largest absolute Gasteiger partial charge is 0.414 e. The molecule has 1 N–H and O–H groups in total. The Morgan fingerprint density at radius 3 is 2.72 bits per heavy atom. The Kier molecular flexibility index (Phi) is 5.61. The van der Waals surface area contributed by atoms with E-state index >= 15 is 0 Å². The molecule has 0 fully saturated rings. The van der Waals surface area contributed by atoms with Crippen molar-refractivity contribution < 1.29 is 22.8 Å². The Morgan fingerprint density at radius 2 is 2.11 bits per heavy atom. The number of carbonyl (C=O) groups excluding carboxylic acids is 1. The molecule has 0 aliphatic carbocycles. The van der Waals surface area contributed by atoms with Crippen molar-refractivity contribution in [3.63, 3.8) is 0 Å². The van der Waals surface area contributed by atoms with Crippen molar-refractivity contribution >= 4 is 21.8 Å². The average molecular weight is 326 g/mol. The molecule has 0 saturated carbocycles. The monoisotopic (exact) mass is 325 g/mol. The van der Waals surface area contributed by atoms with E-state index in [-0.39, 0.29) is 6.42 Å². The lowest BCUT2D eigenvalue weighted by atomic mass is 10.1. The summed E-state index contributed by atoms with van der Waals surface area (Å²) >= 11 is 3.28. The highest BCUT2D eigenvalue weighted by Gasteiger charge is 2.28. The van der Waals surface area contributed by atoms with Crippen LogP contribution in [0, 0.1) is 0 Å². The number of rotatable bonds is 5. The van der Waals surface area contributed by atoms with Crippen molar-refractivity contribution in [2.24, 2.45) is 0 Å². The molecule has 1 amide bonds. The molecule has 1 aromatic rings. The summed E-state index contributed by atoms with van der Waals surface area (Å²) in [6, 6.07) is 7.33. The maximum Gasteiger partial charge on any atom is 0.414 e. The number of alkyl halides is 3. The first-order chi connectivity index (χ1) is 8.37. The molecule has 0 heterocycles. The van der Waals surface area contributed by atoms with Gasteiger partial charge >= 0.3 is 6.18 Å². The second kappa shape index (κ2) is 6.75. The average Bonchev–Trinajstić information content (AvgIpc) is 2.25. The van der Waals surface area contributed by atoms with Crippen molar-refractivity contribution in [1.82, 2.24) is 5.48 Å². The van der Waals surface area contributed by atoms with Crippen LogP contribution in [0.1, 0.15) is 12.0 Å². The van der Waals surface area contributed by atoms with E-state index in [1.165, 1.54) is 0 Å². The number of aryl methyl sites for hydroxylation is 1. The van der Waals surface area contributed by atoms with Crippen LogP contribution in [0.2, 0.25) is 0 Å². The molecule has 0 unspecified atom stereocenters. The highest BCUT2D eigenvalue weighted by atomic mass is 79.9. The third-order valence-corrected chi connectivity index (χ3v) is 2.44. The van der Waals surface area contributed by atoms with Crippen molar-refractivity contribution in [3.8, 4) is 0 Å². The Labute approximate surface area is 110 Å². The molecule has 18 heavy (non-hydrogen) atoms. The van der Waals surface area contributed by atoms with Gasteiger partial charge in [0.15, 0.2) is 6.61 Å². The number of hydrogen-bond acceptors (Lipinski definition) is 2. The molecule has 100 valence electrons. The summed E-state index contributed by atoms with van der Waals surface area (Å²) in [5.74, 6) is -0.584. The predicted molar refractivity (Wildman–Crippen MR) is 62.6 cm³/mol. The summed E-state index contributed by atoms with van der Waals surface area (Å²) in [7, 11) is 0. The fraction of sp³-hybridized carbons (Fsp3) is 0.364. The van der Waals surface area contributed by atoms with Crippen molar-refractivity contribution in [2.75, 3.05) is 6.61 Å². The Balaban J connectivity index is 2.25. The van der Waals surface area contributed by atoms with E-state index in [0.717, 1.165) is 10.0 Å². The lowest BCUT2D eigenvalue weighted by Crippen LogP contribution is -2.29. The minimum absolute atomic E-state index is 0.0638. The van der Waals surface area contributed by atoms with Crippen LogP contribution < -0.4 is 5.48 Å². The molecule has 1 rings (SSSR count). The maximum absolute atomic E-state index is 11.7. The molecule has 0 aliphatic heterocycles. The number of hydrogen-bond donors (Lipinski definition) is 1. The highest BCUT2D eigenvalue weighted by molar-refractivity contribution is 9.10. The Hall–Kier alpha value is -1.08. The van der Waals surface area contributed by atoms with Gasteiger partial charge in [-0.15, -0.1) is 0 Å². The lowest BCUT2D eigenvalue weighted by molar-refractivity contribution is -0.191. The van der Waals surface area contributed by atoms with Crippen LogP contribution in [0.3, 0.4) is 0 Å². The SMILES string of the molecule is O=C(CCc1cccc(Br)c1)NOCC(F)(F)F. The summed E-state index contributed by atoms with van der Waals surface area (Å²) in [6.45, 7) is -1.49. The van der Waals surface area contributed by atoms with E-state index in [1.54, 1.807) is 5.48 Å². The van der Waals surface area contributed by atoms with Crippen LogP contribution >= 0.6 is 15.9 Å². The minimum Gasteiger partial charge on any atom is -0.273 e. The van der Waals surface area contributed by atoms with Crippen molar-refractivity contribution in [3.05, 3.63) is 34.3 Å². The summed E-state index contributed by atoms with van der Waals surface area (Å²) in [6.07, 6.45) is -3.95. The zero-order valence-electron chi connectivity index (χ0n) is 9.26. The van der Waals surface area contributed by atoms with Crippen LogP contribution in [-0.4, -0.2) is 18.7 Å². The van der Waals surface area contributed by atoms with Crippen molar-refractivity contribution in [2.45, 2.75) is 19.0 Å². The summed E-state index contributed by atoms with van der Waals surface area (Å²) in [4.78, 5) is 15.2. The van der Waals surface area contributed by atoms with Gasteiger partial charge in [-0.2, -0.15) is 13.2 Å². The van der Waals surface area contributed by atoms with E-state index in [4.69, 9.17) is 0 Å². The van der Waals surface area contributed by atoms with Gasteiger partial charge in [-0.3, -0.25) is 9.63 Å². The number of carbonyl (C=O) groups is 1. The standard InChI is InChI=1S/C11H11BrF3NO2/c12-9-3-1-2-8(6-9)4-5-10(17)16-18-7-11(13,14)15/h1-3,6H,4-5,7H2,(H,16,17). The topological polar surface area (TPSA) is 38.3 Å². The van der Waals surface area contributed by atoms with Crippen LogP contribution in [0.5, 0.6) is 0 Å². The van der Waals surface area contributed by atoms with Gasteiger partial charge in [0.2, 0.25) is 5.91 Å². The first-order valence-electron chi connectivity index (χ1n) is 5.08. The predicted octanol–water partition coefficient (Wildman–Crippen LogP) is 2.99. The molecule has 3 nitrogen and oxygen atoms in total. The van der Waals surface area contributed by atoms with Gasteiger partial charge in [-0.25, -0.2) is 5.48 Å². The second-order valence-corrected chi connectivity index (χ2v) is 4.47. The Morgan fingerprint density at radius 1 is 1.39 bits per heavy atom. The molecule has 0 radical (unpaired) electrons. The molecule has 0 bridgehead atoms. The molecule has 0 spiro atoms. The highest BCUT2D eigenvalue weighted by Crippen LogP contribution is 2.14. The second-order valence-electron chi connectivity index (χ2n) is 3.56. The number of benzene rings is 1. The van der Waals surface area contributed by atoms with Crippen LogP contribution in [0.25, 0.3) is 0 Å². The molecule has 0 atom stereocenters. The van der Waals surface area contributed by atoms with Gasteiger partial charge in [0.25, 0.3) is 0 Å². The molecule has 0 aliphatic rings. The van der Waals surface area contributed by atoms with Gasteiger partial charge in [0, 0.05) is 10.9 Å². The van der Waals surface area contributed by atoms with E-state index < -0.39 is 18.7 Å². The van der Waals surface area contributed by atoms with Crippen molar-refractivity contribution in [1.29, 1.82) is 0 Å². The van der Waals surface area contributed by atoms with Gasteiger partial charge < -0.3 is 0 Å². The molecule has 0 saturated heterocycles. The number of halogens is 4. The first kappa shape index (κ1) is 15.0. The minimum atomic E-state index is -4.45. The lowest BCUT2D eigenvalue weighted by Gasteiger charge is -2.08. The normalized spacial score (nSPS) is 11.3. The summed E-state index contributed by atoms with van der Waals surface area (Å²) in [5, 5.41) is 0. The molecule has 7 heteroatoms. The fourth-order valence-corrected chi connectivity index (χ4v) is 1.65. The van der Waals surface area contributed by atoms with Gasteiger partial charge in [0.05, 0.1) is 0 Å². The zero-order chi connectivity index (χ0) is 13.6. The summed E-state index contributed by atoms with van der Waals surface area (Å²) in [5.41, 5.74) is 2.67. The molecule has 1 aromatic carbocycles. The van der Waals surface area contributed by atoms with Gasteiger partial charge in [-0.05, 0) is 24.1 Å². The van der Waals surface area contributed by atoms with Crippen LogP contribution in [-0.2, 0) is 16.1 Å². The molecular weight excluding hydrogens is 315 g/mol. The number of amides is 1. The molecular formula is C11H11BrF3NO2. The quantitative estimate of drug-likeness (QED) is 0.845. The third kappa shape index (κ3) is 6.61. The van der Waals surface area contributed by atoms with E-state index in [0.29, 0.717) is 6.42 Å². The Bertz CT molecular complexity index is 410. The number of nitrogens with one attached hydrogen (secondary N) is 1. The van der Waals surface area contributed by atoms with E-state index in [2.05, 4.69) is 20.8 Å². The number of hydroxylamine groups is 1. The summed E-state index contributed by atoms with van der Waals surface area (Å²) < 4.78 is 36.0. The third-order valence-electron chi connectivity index (χ3n) is 1.95. The first-order valence-corrected chi connectivity index (χ1v) is 5.88. The fourth-order valence-electron chi connectivity index (χ4n) is 1.20. The van der Waals surface area contributed by atoms with E-state index in [9.17, 15) is 18.0 Å². The zero-order valence-corrected chi connectivity index (χ0v) is 10.8. The van der Waals surface area contributed by atoms with Crippen LogP contribution in [0.15, 0.2) is 28.7 Å². The van der Waals surface area contributed by atoms with E-state index in [1.807, 2.05) is 24.3 Å². The maximum atomic E-state index is 11.7.